The number of hydrogen-bond donors (Lipinski definition) is 1. The second kappa shape index (κ2) is 7.26. The molecule has 0 fully saturated rings. The van der Waals surface area contributed by atoms with Crippen molar-refractivity contribution in [2.75, 3.05) is 7.11 Å². The topological polar surface area (TPSA) is 52.0 Å². The molecule has 108 valence electrons. The van der Waals surface area contributed by atoms with Crippen LogP contribution in [0.25, 0.3) is 0 Å². The van der Waals surface area contributed by atoms with Crippen molar-refractivity contribution in [3.05, 3.63) is 40.9 Å². The molecular weight excluding hydrogens is 276 g/mol. The Morgan fingerprint density at radius 2 is 2.20 bits per heavy atom. The first kappa shape index (κ1) is 14.8. The number of halogens is 1. The Morgan fingerprint density at radius 3 is 2.95 bits per heavy atom. The molecule has 0 bridgehead atoms. The lowest BCUT2D eigenvalue weighted by Crippen LogP contribution is -2.18. The van der Waals surface area contributed by atoms with Crippen LogP contribution in [-0.2, 0) is 19.6 Å². The van der Waals surface area contributed by atoms with E-state index in [1.54, 1.807) is 13.4 Å². The van der Waals surface area contributed by atoms with Crippen molar-refractivity contribution in [2.45, 2.75) is 33.0 Å². The zero-order valence-electron chi connectivity index (χ0n) is 11.8. The minimum Gasteiger partial charge on any atom is -0.496 e. The number of benzene rings is 1. The molecule has 1 aromatic heterocycles. The Hall–Kier alpha value is -1.59. The van der Waals surface area contributed by atoms with Gasteiger partial charge >= 0.3 is 0 Å². The third-order valence-electron chi connectivity index (χ3n) is 3.01. The highest BCUT2D eigenvalue weighted by Crippen LogP contribution is 2.25. The van der Waals surface area contributed by atoms with Crippen molar-refractivity contribution < 1.29 is 4.74 Å². The van der Waals surface area contributed by atoms with Gasteiger partial charge in [-0.15, -0.1) is 0 Å². The molecule has 0 aliphatic heterocycles. The van der Waals surface area contributed by atoms with E-state index in [-0.39, 0.29) is 0 Å². The van der Waals surface area contributed by atoms with Crippen LogP contribution in [0.1, 0.15) is 24.7 Å². The first-order valence-corrected chi connectivity index (χ1v) is 7.02. The number of aromatic nitrogens is 3. The van der Waals surface area contributed by atoms with Crippen LogP contribution in [0.4, 0.5) is 0 Å². The van der Waals surface area contributed by atoms with Gasteiger partial charge in [0.2, 0.25) is 0 Å². The SMILES string of the molecule is CCCn1ncnc1CNCc1c(Cl)cccc1OC. The summed E-state index contributed by atoms with van der Waals surface area (Å²) in [5, 5.41) is 8.23. The molecule has 0 unspecified atom stereocenters. The molecule has 1 heterocycles. The first-order valence-electron chi connectivity index (χ1n) is 6.65. The summed E-state index contributed by atoms with van der Waals surface area (Å²) in [6.07, 6.45) is 2.62. The second-order valence-corrected chi connectivity index (χ2v) is 4.83. The molecule has 20 heavy (non-hydrogen) atoms. The lowest BCUT2D eigenvalue weighted by atomic mass is 10.2. The molecule has 2 aromatic rings. The number of rotatable bonds is 7. The Kier molecular flexibility index (Phi) is 5.38. The van der Waals surface area contributed by atoms with Crippen molar-refractivity contribution in [1.82, 2.24) is 20.1 Å². The Labute approximate surface area is 123 Å². The second-order valence-electron chi connectivity index (χ2n) is 4.42. The highest BCUT2D eigenvalue weighted by Gasteiger charge is 2.08. The van der Waals surface area contributed by atoms with E-state index in [2.05, 4.69) is 22.3 Å². The number of aryl methyl sites for hydroxylation is 1. The van der Waals surface area contributed by atoms with Gasteiger partial charge in [0.25, 0.3) is 0 Å². The normalized spacial score (nSPS) is 10.8. The number of ether oxygens (including phenoxy) is 1. The maximum Gasteiger partial charge on any atom is 0.140 e. The van der Waals surface area contributed by atoms with Gasteiger partial charge in [-0.3, -0.25) is 0 Å². The van der Waals surface area contributed by atoms with E-state index in [1.165, 1.54) is 0 Å². The van der Waals surface area contributed by atoms with Gasteiger partial charge in [0, 0.05) is 23.7 Å². The van der Waals surface area contributed by atoms with Crippen molar-refractivity contribution in [3.63, 3.8) is 0 Å². The average Bonchev–Trinajstić information content (AvgIpc) is 2.88. The lowest BCUT2D eigenvalue weighted by Gasteiger charge is -2.11. The van der Waals surface area contributed by atoms with Crippen LogP contribution in [0.15, 0.2) is 24.5 Å². The van der Waals surface area contributed by atoms with Gasteiger partial charge in [-0.1, -0.05) is 24.6 Å². The average molecular weight is 295 g/mol. The maximum absolute atomic E-state index is 6.20. The van der Waals surface area contributed by atoms with Crippen molar-refractivity contribution in [1.29, 1.82) is 0 Å². The van der Waals surface area contributed by atoms with Gasteiger partial charge in [0.15, 0.2) is 0 Å². The molecule has 0 atom stereocenters. The minimum absolute atomic E-state index is 0.627. The van der Waals surface area contributed by atoms with Crippen LogP contribution in [0.3, 0.4) is 0 Å². The molecule has 2 rings (SSSR count). The van der Waals surface area contributed by atoms with E-state index in [0.717, 1.165) is 30.1 Å². The third-order valence-corrected chi connectivity index (χ3v) is 3.37. The standard InChI is InChI=1S/C14H19ClN4O/c1-3-7-19-14(17-10-18-19)9-16-8-11-12(15)5-4-6-13(11)20-2/h4-6,10,16H,3,7-9H2,1-2H3. The Balaban J connectivity index is 1.98. The molecule has 0 spiro atoms. The van der Waals surface area contributed by atoms with Crippen molar-refractivity contribution in [2.24, 2.45) is 0 Å². The van der Waals surface area contributed by atoms with Gasteiger partial charge in [-0.05, 0) is 18.6 Å². The maximum atomic E-state index is 6.20. The smallest absolute Gasteiger partial charge is 0.140 e. The molecule has 0 aliphatic carbocycles. The highest BCUT2D eigenvalue weighted by molar-refractivity contribution is 6.31. The summed E-state index contributed by atoms with van der Waals surface area (Å²) in [4.78, 5) is 4.26. The van der Waals surface area contributed by atoms with E-state index in [9.17, 15) is 0 Å². The summed E-state index contributed by atoms with van der Waals surface area (Å²) in [7, 11) is 1.65. The van der Waals surface area contributed by atoms with E-state index in [4.69, 9.17) is 16.3 Å². The predicted molar refractivity (Wildman–Crippen MR) is 78.9 cm³/mol. The monoisotopic (exact) mass is 294 g/mol. The summed E-state index contributed by atoms with van der Waals surface area (Å²) in [6, 6.07) is 5.64. The zero-order valence-corrected chi connectivity index (χ0v) is 12.5. The van der Waals surface area contributed by atoms with E-state index < -0.39 is 0 Å². The number of nitrogens with zero attached hydrogens (tertiary/aromatic N) is 3. The Bertz CT molecular complexity index is 556. The fourth-order valence-corrected chi connectivity index (χ4v) is 2.26. The zero-order chi connectivity index (χ0) is 14.4. The summed E-state index contributed by atoms with van der Waals surface area (Å²) < 4.78 is 7.23. The summed E-state index contributed by atoms with van der Waals surface area (Å²) in [5.74, 6) is 1.72. The van der Waals surface area contributed by atoms with Crippen LogP contribution < -0.4 is 10.1 Å². The van der Waals surface area contributed by atoms with Crippen molar-refractivity contribution >= 4 is 11.6 Å². The summed E-state index contributed by atoms with van der Waals surface area (Å²) in [6.45, 7) is 4.27. The third kappa shape index (κ3) is 3.49. The molecular formula is C14H19ClN4O. The largest absolute Gasteiger partial charge is 0.496 e. The van der Waals surface area contributed by atoms with Crippen LogP contribution in [-0.4, -0.2) is 21.9 Å². The molecule has 0 aliphatic rings. The van der Waals surface area contributed by atoms with Gasteiger partial charge in [0.05, 0.1) is 13.7 Å². The lowest BCUT2D eigenvalue weighted by molar-refractivity contribution is 0.407. The molecule has 0 radical (unpaired) electrons. The highest BCUT2D eigenvalue weighted by atomic mass is 35.5. The Morgan fingerprint density at radius 1 is 1.35 bits per heavy atom. The molecule has 0 saturated heterocycles. The summed E-state index contributed by atoms with van der Waals surface area (Å²) in [5.41, 5.74) is 0.957. The van der Waals surface area contributed by atoms with E-state index >= 15 is 0 Å². The van der Waals surface area contributed by atoms with Crippen LogP contribution >= 0.6 is 11.6 Å². The molecule has 1 N–H and O–H groups in total. The minimum atomic E-state index is 0.627. The molecule has 0 amide bonds. The molecule has 6 heteroatoms. The van der Waals surface area contributed by atoms with Crippen LogP contribution in [0.5, 0.6) is 5.75 Å². The number of methoxy groups -OCH3 is 1. The van der Waals surface area contributed by atoms with Gasteiger partial charge < -0.3 is 10.1 Å². The fraction of sp³-hybridized carbons (Fsp3) is 0.429. The summed E-state index contributed by atoms with van der Waals surface area (Å²) >= 11 is 6.20. The molecule has 0 saturated carbocycles. The van der Waals surface area contributed by atoms with Gasteiger partial charge in [0.1, 0.15) is 17.9 Å². The van der Waals surface area contributed by atoms with Crippen LogP contribution in [0.2, 0.25) is 5.02 Å². The molecule has 1 aromatic carbocycles. The quantitative estimate of drug-likeness (QED) is 0.853. The first-order chi connectivity index (χ1) is 9.76. The number of nitrogens with one attached hydrogen (secondary N) is 1. The van der Waals surface area contributed by atoms with Crippen LogP contribution in [0, 0.1) is 0 Å². The fourth-order valence-electron chi connectivity index (χ4n) is 2.02. The van der Waals surface area contributed by atoms with E-state index in [0.29, 0.717) is 18.1 Å². The number of hydrogen-bond acceptors (Lipinski definition) is 4. The van der Waals surface area contributed by atoms with Gasteiger partial charge in [-0.2, -0.15) is 5.10 Å². The van der Waals surface area contributed by atoms with E-state index in [1.807, 2.05) is 22.9 Å². The van der Waals surface area contributed by atoms with Crippen molar-refractivity contribution in [3.8, 4) is 5.75 Å². The van der Waals surface area contributed by atoms with Gasteiger partial charge in [-0.25, -0.2) is 9.67 Å². The predicted octanol–water partition coefficient (Wildman–Crippen LogP) is 2.64. The molecule has 5 nitrogen and oxygen atoms in total.